The summed E-state index contributed by atoms with van der Waals surface area (Å²) in [6.07, 6.45) is 0. The van der Waals surface area contributed by atoms with Gasteiger partial charge >= 0.3 is 29.6 Å². The van der Waals surface area contributed by atoms with Crippen LogP contribution in [0.5, 0.6) is 0 Å². The SMILES string of the molecule is CC(C)(c1ccccc1)c1cccc(S(=O)(=O)[O-])c1.[Na+]. The number of rotatable bonds is 3. The van der Waals surface area contributed by atoms with Crippen LogP contribution in [0.3, 0.4) is 0 Å². The van der Waals surface area contributed by atoms with Crippen molar-refractivity contribution in [3.63, 3.8) is 0 Å². The quantitative estimate of drug-likeness (QED) is 0.588. The molecule has 0 N–H and O–H groups in total. The first-order chi connectivity index (χ1) is 8.82. The normalized spacial score (nSPS) is 11.8. The van der Waals surface area contributed by atoms with Gasteiger partial charge in [-0.25, -0.2) is 8.42 Å². The molecule has 0 heterocycles. The summed E-state index contributed by atoms with van der Waals surface area (Å²) in [6.45, 7) is 4.00. The molecule has 0 aliphatic rings. The summed E-state index contributed by atoms with van der Waals surface area (Å²) in [4.78, 5) is -0.186. The summed E-state index contributed by atoms with van der Waals surface area (Å²) in [5, 5.41) is 0. The van der Waals surface area contributed by atoms with E-state index in [4.69, 9.17) is 0 Å². The molecule has 0 saturated carbocycles. The third-order valence-electron chi connectivity index (χ3n) is 3.34. The Morgan fingerprint density at radius 1 is 0.900 bits per heavy atom. The fraction of sp³-hybridized carbons (Fsp3) is 0.200. The average Bonchev–Trinajstić information content (AvgIpc) is 2.39. The topological polar surface area (TPSA) is 57.2 Å². The van der Waals surface area contributed by atoms with Crippen molar-refractivity contribution in [2.75, 3.05) is 0 Å². The van der Waals surface area contributed by atoms with Gasteiger partial charge in [-0.2, -0.15) is 0 Å². The first-order valence-electron chi connectivity index (χ1n) is 5.94. The van der Waals surface area contributed by atoms with E-state index in [1.165, 1.54) is 12.1 Å². The van der Waals surface area contributed by atoms with E-state index in [0.29, 0.717) is 0 Å². The molecular weight excluding hydrogens is 283 g/mol. The van der Waals surface area contributed by atoms with E-state index in [1.807, 2.05) is 50.2 Å². The zero-order valence-corrected chi connectivity index (χ0v) is 14.6. The minimum absolute atomic E-state index is 0. The molecule has 2 aromatic carbocycles. The number of hydrogen-bond acceptors (Lipinski definition) is 3. The molecule has 0 atom stereocenters. The van der Waals surface area contributed by atoms with Crippen LogP contribution in [0.4, 0.5) is 0 Å². The predicted molar refractivity (Wildman–Crippen MR) is 73.0 cm³/mol. The summed E-state index contributed by atoms with van der Waals surface area (Å²) in [7, 11) is -4.42. The monoisotopic (exact) mass is 298 g/mol. The summed E-state index contributed by atoms with van der Waals surface area (Å²) >= 11 is 0. The molecule has 100 valence electrons. The number of benzene rings is 2. The minimum Gasteiger partial charge on any atom is -0.744 e. The van der Waals surface area contributed by atoms with Gasteiger partial charge in [-0.15, -0.1) is 0 Å². The summed E-state index contributed by atoms with van der Waals surface area (Å²) in [5.41, 5.74) is 1.51. The van der Waals surface area contributed by atoms with Crippen LogP contribution in [0, 0.1) is 0 Å². The summed E-state index contributed by atoms with van der Waals surface area (Å²) in [6, 6.07) is 16.0. The van der Waals surface area contributed by atoms with Crippen LogP contribution in [0.1, 0.15) is 25.0 Å². The maximum atomic E-state index is 11.1. The largest absolute Gasteiger partial charge is 1.00 e. The van der Waals surface area contributed by atoms with E-state index in [1.54, 1.807) is 6.07 Å². The third-order valence-corrected chi connectivity index (χ3v) is 4.17. The van der Waals surface area contributed by atoms with E-state index in [9.17, 15) is 13.0 Å². The molecule has 0 aromatic heterocycles. The molecule has 0 aliphatic heterocycles. The smallest absolute Gasteiger partial charge is 0.744 e. The van der Waals surface area contributed by atoms with Crippen molar-refractivity contribution in [2.24, 2.45) is 0 Å². The van der Waals surface area contributed by atoms with Gasteiger partial charge in [0.2, 0.25) is 0 Å². The van der Waals surface area contributed by atoms with Crippen LogP contribution in [0.25, 0.3) is 0 Å². The van der Waals surface area contributed by atoms with Crippen molar-refractivity contribution >= 4 is 10.1 Å². The van der Waals surface area contributed by atoms with Gasteiger partial charge in [-0.3, -0.25) is 0 Å². The van der Waals surface area contributed by atoms with E-state index in [0.717, 1.165) is 11.1 Å². The molecule has 0 fully saturated rings. The zero-order chi connectivity index (χ0) is 14.1. The summed E-state index contributed by atoms with van der Waals surface area (Å²) < 4.78 is 33.3. The van der Waals surface area contributed by atoms with Crippen LogP contribution in [0.2, 0.25) is 0 Å². The Morgan fingerprint density at radius 3 is 2.00 bits per heavy atom. The van der Waals surface area contributed by atoms with Crippen LogP contribution in [-0.2, 0) is 15.5 Å². The standard InChI is InChI=1S/C15H16O3S.Na/c1-15(2,12-7-4-3-5-8-12)13-9-6-10-14(11-13)19(16,17)18;/h3-11H,1-2H3,(H,16,17,18);/q;+1/p-1. The maximum absolute atomic E-state index is 11.1. The fourth-order valence-electron chi connectivity index (χ4n) is 2.06. The van der Waals surface area contributed by atoms with Gasteiger partial charge in [0.15, 0.2) is 0 Å². The molecule has 0 spiro atoms. The molecule has 0 radical (unpaired) electrons. The molecule has 2 rings (SSSR count). The van der Waals surface area contributed by atoms with E-state index in [-0.39, 0.29) is 39.9 Å². The van der Waals surface area contributed by atoms with E-state index in [2.05, 4.69) is 0 Å². The van der Waals surface area contributed by atoms with E-state index < -0.39 is 10.1 Å². The molecular formula is C15H15NaO3S. The molecule has 20 heavy (non-hydrogen) atoms. The fourth-order valence-corrected chi connectivity index (χ4v) is 2.58. The van der Waals surface area contributed by atoms with Crippen LogP contribution in [0.15, 0.2) is 59.5 Å². The molecule has 0 saturated heterocycles. The summed E-state index contributed by atoms with van der Waals surface area (Å²) in [5.74, 6) is 0. The average molecular weight is 298 g/mol. The van der Waals surface area contributed by atoms with Gasteiger partial charge in [0, 0.05) is 5.41 Å². The second kappa shape index (κ2) is 6.41. The molecule has 0 bridgehead atoms. The van der Waals surface area contributed by atoms with Gasteiger partial charge in [0.1, 0.15) is 10.1 Å². The Bertz CT molecular complexity index is 679. The zero-order valence-electron chi connectivity index (χ0n) is 11.8. The Labute approximate surface area is 142 Å². The molecule has 5 heteroatoms. The Morgan fingerprint density at radius 2 is 1.45 bits per heavy atom. The third kappa shape index (κ3) is 3.71. The Kier molecular flexibility index (Phi) is 5.58. The van der Waals surface area contributed by atoms with E-state index >= 15 is 0 Å². The van der Waals surface area contributed by atoms with Crippen molar-refractivity contribution in [1.82, 2.24) is 0 Å². The van der Waals surface area contributed by atoms with Crippen molar-refractivity contribution in [3.8, 4) is 0 Å². The molecule has 0 aliphatic carbocycles. The second-order valence-electron chi connectivity index (χ2n) is 4.97. The first-order valence-corrected chi connectivity index (χ1v) is 7.34. The molecule has 2 aromatic rings. The van der Waals surface area contributed by atoms with Crippen molar-refractivity contribution in [3.05, 3.63) is 65.7 Å². The molecule has 3 nitrogen and oxygen atoms in total. The van der Waals surface area contributed by atoms with Gasteiger partial charge in [-0.05, 0) is 23.3 Å². The van der Waals surface area contributed by atoms with Gasteiger partial charge in [0.05, 0.1) is 4.90 Å². The van der Waals surface area contributed by atoms with Crippen LogP contribution < -0.4 is 29.6 Å². The van der Waals surface area contributed by atoms with Gasteiger partial charge in [-0.1, -0.05) is 56.3 Å². The first kappa shape index (κ1) is 17.4. The van der Waals surface area contributed by atoms with Gasteiger partial charge < -0.3 is 4.55 Å². The molecule has 0 amide bonds. The van der Waals surface area contributed by atoms with Crippen molar-refractivity contribution in [1.29, 1.82) is 0 Å². The second-order valence-corrected chi connectivity index (χ2v) is 6.35. The van der Waals surface area contributed by atoms with Crippen LogP contribution >= 0.6 is 0 Å². The minimum atomic E-state index is -4.42. The van der Waals surface area contributed by atoms with Crippen molar-refractivity contribution < 1.29 is 42.5 Å². The predicted octanol–water partition coefficient (Wildman–Crippen LogP) is -0.0794. The van der Waals surface area contributed by atoms with Gasteiger partial charge in [0.25, 0.3) is 0 Å². The molecule has 0 unspecified atom stereocenters. The maximum Gasteiger partial charge on any atom is 1.00 e. The number of hydrogen-bond donors (Lipinski definition) is 0. The van der Waals surface area contributed by atoms with Crippen LogP contribution in [-0.4, -0.2) is 13.0 Å². The Hall–Kier alpha value is -0.650. The van der Waals surface area contributed by atoms with Crippen molar-refractivity contribution in [2.45, 2.75) is 24.2 Å². The Balaban J connectivity index is 0.00000200.